The minimum atomic E-state index is -0.454. The number of aromatic nitrogens is 1. The molecule has 8 heteroatoms. The van der Waals surface area contributed by atoms with E-state index >= 15 is 0 Å². The SMILES string of the molecule is CCCCOc1ccc(/C=C/C(=O)Nc2nc(CC)c(C(=O)OC)s2)cc1OCC. The summed E-state index contributed by atoms with van der Waals surface area (Å²) in [6.45, 7) is 7.06. The van der Waals surface area contributed by atoms with Gasteiger partial charge in [-0.05, 0) is 43.5 Å². The van der Waals surface area contributed by atoms with Crippen molar-refractivity contribution in [2.75, 3.05) is 25.6 Å². The molecule has 1 heterocycles. The van der Waals surface area contributed by atoms with E-state index in [1.54, 1.807) is 6.08 Å². The monoisotopic (exact) mass is 432 g/mol. The Morgan fingerprint density at radius 3 is 2.63 bits per heavy atom. The van der Waals surface area contributed by atoms with Crippen LogP contribution in [0.4, 0.5) is 5.13 Å². The van der Waals surface area contributed by atoms with Crippen molar-refractivity contribution in [1.29, 1.82) is 0 Å². The Kier molecular flexibility index (Phi) is 9.34. The van der Waals surface area contributed by atoms with E-state index < -0.39 is 5.97 Å². The minimum Gasteiger partial charge on any atom is -0.490 e. The van der Waals surface area contributed by atoms with Crippen LogP contribution in [-0.2, 0) is 16.0 Å². The predicted octanol–water partition coefficient (Wildman–Crippen LogP) is 4.72. The Labute approximate surface area is 181 Å². The summed E-state index contributed by atoms with van der Waals surface area (Å²) < 4.78 is 16.2. The van der Waals surface area contributed by atoms with Crippen molar-refractivity contribution in [2.45, 2.75) is 40.0 Å². The summed E-state index contributed by atoms with van der Waals surface area (Å²) in [6, 6.07) is 5.54. The quantitative estimate of drug-likeness (QED) is 0.314. The van der Waals surface area contributed by atoms with Gasteiger partial charge < -0.3 is 14.2 Å². The second-order valence-corrected chi connectivity index (χ2v) is 7.30. The average Bonchev–Trinajstić information content (AvgIpc) is 3.16. The zero-order chi connectivity index (χ0) is 21.9. The van der Waals surface area contributed by atoms with Gasteiger partial charge in [-0.1, -0.05) is 37.7 Å². The van der Waals surface area contributed by atoms with E-state index in [4.69, 9.17) is 14.2 Å². The summed E-state index contributed by atoms with van der Waals surface area (Å²) >= 11 is 1.10. The molecular weight excluding hydrogens is 404 g/mol. The molecule has 0 radical (unpaired) electrons. The molecule has 7 nitrogen and oxygen atoms in total. The van der Waals surface area contributed by atoms with Gasteiger partial charge >= 0.3 is 5.97 Å². The predicted molar refractivity (Wildman–Crippen MR) is 119 cm³/mol. The number of carbonyl (C=O) groups excluding carboxylic acids is 2. The first-order valence-corrected chi connectivity index (χ1v) is 10.8. The van der Waals surface area contributed by atoms with Crippen molar-refractivity contribution in [2.24, 2.45) is 0 Å². The number of carbonyl (C=O) groups is 2. The number of benzene rings is 1. The lowest BCUT2D eigenvalue weighted by Crippen LogP contribution is -2.07. The van der Waals surface area contributed by atoms with E-state index in [-0.39, 0.29) is 5.91 Å². The molecule has 30 heavy (non-hydrogen) atoms. The Hall–Kier alpha value is -2.87. The van der Waals surface area contributed by atoms with Gasteiger partial charge in [-0.25, -0.2) is 9.78 Å². The van der Waals surface area contributed by atoms with Crippen molar-refractivity contribution in [3.05, 3.63) is 40.4 Å². The lowest BCUT2D eigenvalue weighted by molar-refractivity contribution is -0.111. The van der Waals surface area contributed by atoms with Crippen LogP contribution in [0.5, 0.6) is 11.5 Å². The Morgan fingerprint density at radius 2 is 1.97 bits per heavy atom. The van der Waals surface area contributed by atoms with Crippen LogP contribution in [0.1, 0.15) is 54.5 Å². The number of aryl methyl sites for hydroxylation is 1. The molecule has 0 saturated heterocycles. The van der Waals surface area contributed by atoms with Gasteiger partial charge in [0.05, 0.1) is 26.0 Å². The van der Waals surface area contributed by atoms with E-state index in [0.29, 0.717) is 46.8 Å². The number of amides is 1. The molecular formula is C22H28N2O5S. The molecule has 162 valence electrons. The number of unbranched alkanes of at least 4 members (excludes halogenated alkanes) is 1. The fraction of sp³-hybridized carbons (Fsp3) is 0.409. The third kappa shape index (κ3) is 6.59. The molecule has 0 bridgehead atoms. The number of nitrogens with one attached hydrogen (secondary N) is 1. The molecule has 0 aliphatic rings. The van der Waals surface area contributed by atoms with Crippen molar-refractivity contribution in [1.82, 2.24) is 4.98 Å². The zero-order valence-electron chi connectivity index (χ0n) is 17.8. The molecule has 0 fully saturated rings. The van der Waals surface area contributed by atoms with E-state index in [9.17, 15) is 9.59 Å². The van der Waals surface area contributed by atoms with Crippen LogP contribution in [-0.4, -0.2) is 37.2 Å². The molecule has 2 rings (SSSR count). The van der Waals surface area contributed by atoms with Crippen molar-refractivity contribution < 1.29 is 23.8 Å². The summed E-state index contributed by atoms with van der Waals surface area (Å²) in [6.07, 6.45) is 5.69. The van der Waals surface area contributed by atoms with Crippen LogP contribution in [0.2, 0.25) is 0 Å². The standard InChI is InChI=1S/C22H28N2O5S/c1-5-8-13-29-17-11-9-15(14-18(17)28-7-3)10-12-19(25)24-22-23-16(6-2)20(30-22)21(26)27-4/h9-12,14H,5-8,13H2,1-4H3,(H,23,24,25)/b12-10+. The molecule has 1 amide bonds. The van der Waals surface area contributed by atoms with Crippen LogP contribution < -0.4 is 14.8 Å². The topological polar surface area (TPSA) is 86.8 Å². The number of ether oxygens (including phenoxy) is 3. The number of thiazole rings is 1. The number of methoxy groups -OCH3 is 1. The lowest BCUT2D eigenvalue weighted by atomic mass is 10.2. The average molecular weight is 433 g/mol. The van der Waals surface area contributed by atoms with Crippen LogP contribution in [0, 0.1) is 0 Å². The number of hydrogen-bond acceptors (Lipinski definition) is 7. The normalized spacial score (nSPS) is 10.8. The second kappa shape index (κ2) is 12.0. The molecule has 1 N–H and O–H groups in total. The molecule has 1 aromatic heterocycles. The van der Waals surface area contributed by atoms with Gasteiger partial charge in [0, 0.05) is 6.08 Å². The third-order valence-corrected chi connectivity index (χ3v) is 5.08. The van der Waals surface area contributed by atoms with E-state index in [1.165, 1.54) is 13.2 Å². The van der Waals surface area contributed by atoms with Crippen LogP contribution in [0.15, 0.2) is 24.3 Å². The van der Waals surface area contributed by atoms with E-state index in [0.717, 1.165) is 29.7 Å². The van der Waals surface area contributed by atoms with Crippen LogP contribution in [0.3, 0.4) is 0 Å². The molecule has 0 saturated carbocycles. The summed E-state index contributed by atoms with van der Waals surface area (Å²) in [4.78, 5) is 28.8. The maximum Gasteiger partial charge on any atom is 0.350 e. The highest BCUT2D eigenvalue weighted by atomic mass is 32.1. The number of rotatable bonds is 11. The smallest absolute Gasteiger partial charge is 0.350 e. The maximum absolute atomic E-state index is 12.3. The Bertz CT molecular complexity index is 892. The zero-order valence-corrected chi connectivity index (χ0v) is 18.6. The van der Waals surface area contributed by atoms with Crippen molar-refractivity contribution >= 4 is 34.4 Å². The molecule has 1 aromatic carbocycles. The van der Waals surface area contributed by atoms with E-state index in [1.807, 2.05) is 32.0 Å². The van der Waals surface area contributed by atoms with Gasteiger partial charge in [-0.3, -0.25) is 10.1 Å². The molecule has 0 aliphatic heterocycles. The van der Waals surface area contributed by atoms with Gasteiger partial charge in [-0.15, -0.1) is 0 Å². The van der Waals surface area contributed by atoms with Gasteiger partial charge in [0.2, 0.25) is 5.91 Å². The lowest BCUT2D eigenvalue weighted by Gasteiger charge is -2.12. The summed E-state index contributed by atoms with van der Waals surface area (Å²) in [5.41, 5.74) is 1.41. The number of hydrogen-bond donors (Lipinski definition) is 1. The first-order chi connectivity index (χ1) is 14.5. The number of nitrogens with zero attached hydrogens (tertiary/aromatic N) is 1. The van der Waals surface area contributed by atoms with Gasteiger partial charge in [0.15, 0.2) is 16.6 Å². The molecule has 0 aliphatic carbocycles. The molecule has 2 aromatic rings. The highest BCUT2D eigenvalue weighted by molar-refractivity contribution is 7.17. The van der Waals surface area contributed by atoms with E-state index in [2.05, 4.69) is 17.2 Å². The maximum atomic E-state index is 12.3. The summed E-state index contributed by atoms with van der Waals surface area (Å²) in [7, 11) is 1.32. The Morgan fingerprint density at radius 1 is 1.17 bits per heavy atom. The minimum absolute atomic E-state index is 0.343. The summed E-state index contributed by atoms with van der Waals surface area (Å²) in [5.74, 6) is 0.539. The highest BCUT2D eigenvalue weighted by Gasteiger charge is 2.18. The van der Waals surface area contributed by atoms with Crippen molar-refractivity contribution in [3.63, 3.8) is 0 Å². The third-order valence-electron chi connectivity index (χ3n) is 4.08. The highest BCUT2D eigenvalue weighted by Crippen LogP contribution is 2.29. The van der Waals surface area contributed by atoms with Crippen LogP contribution >= 0.6 is 11.3 Å². The van der Waals surface area contributed by atoms with Gasteiger partial charge in [-0.2, -0.15) is 0 Å². The first-order valence-electron chi connectivity index (χ1n) is 9.99. The van der Waals surface area contributed by atoms with Crippen molar-refractivity contribution in [3.8, 4) is 11.5 Å². The van der Waals surface area contributed by atoms with Crippen LogP contribution in [0.25, 0.3) is 6.08 Å². The fourth-order valence-corrected chi connectivity index (χ4v) is 3.53. The second-order valence-electron chi connectivity index (χ2n) is 6.30. The fourth-order valence-electron chi connectivity index (χ4n) is 2.56. The van der Waals surface area contributed by atoms with Gasteiger partial charge in [0.1, 0.15) is 4.88 Å². The first kappa shape index (κ1) is 23.4. The number of anilines is 1. The molecule has 0 atom stereocenters. The molecule has 0 spiro atoms. The number of esters is 1. The van der Waals surface area contributed by atoms with Gasteiger partial charge in [0.25, 0.3) is 0 Å². The summed E-state index contributed by atoms with van der Waals surface area (Å²) in [5, 5.41) is 3.05. The largest absolute Gasteiger partial charge is 0.490 e. The molecule has 0 unspecified atom stereocenters. The Balaban J connectivity index is 2.07.